The lowest BCUT2D eigenvalue weighted by Gasteiger charge is -2.29. The Labute approximate surface area is 119 Å². The molecule has 1 aromatic carbocycles. The summed E-state index contributed by atoms with van der Waals surface area (Å²) < 4.78 is 5.37. The second-order valence-electron chi connectivity index (χ2n) is 4.98. The third-order valence-electron chi connectivity index (χ3n) is 3.55. The number of nitrogens with one attached hydrogen (secondary N) is 1. The maximum absolute atomic E-state index is 7.68. The van der Waals surface area contributed by atoms with E-state index in [4.69, 9.17) is 27.5 Å². The monoisotopic (exact) mass is 281 g/mol. The second-order valence-corrected chi connectivity index (χ2v) is 5.39. The number of anilines is 1. The van der Waals surface area contributed by atoms with E-state index in [1.54, 1.807) is 6.07 Å². The Bertz CT molecular complexity index is 458. The van der Waals surface area contributed by atoms with E-state index in [-0.39, 0.29) is 5.84 Å². The van der Waals surface area contributed by atoms with Gasteiger partial charge < -0.3 is 15.4 Å². The van der Waals surface area contributed by atoms with Crippen molar-refractivity contribution in [3.8, 4) is 0 Å². The molecule has 1 aliphatic heterocycles. The first kappa shape index (κ1) is 14.2. The van der Waals surface area contributed by atoms with Gasteiger partial charge in [-0.1, -0.05) is 17.7 Å². The van der Waals surface area contributed by atoms with Crippen LogP contribution in [0.1, 0.15) is 18.4 Å². The van der Waals surface area contributed by atoms with Crippen molar-refractivity contribution in [1.82, 2.24) is 0 Å². The highest BCUT2D eigenvalue weighted by Crippen LogP contribution is 2.28. The minimum atomic E-state index is 0.0134. The van der Waals surface area contributed by atoms with Crippen molar-refractivity contribution >= 4 is 23.1 Å². The molecule has 0 saturated carbocycles. The van der Waals surface area contributed by atoms with Gasteiger partial charge in [0, 0.05) is 32.5 Å². The van der Waals surface area contributed by atoms with Gasteiger partial charge in [-0.25, -0.2) is 0 Å². The topological polar surface area (TPSA) is 62.3 Å². The molecule has 1 saturated heterocycles. The van der Waals surface area contributed by atoms with E-state index in [9.17, 15) is 0 Å². The molecule has 1 fully saturated rings. The largest absolute Gasteiger partial charge is 0.384 e. The summed E-state index contributed by atoms with van der Waals surface area (Å²) in [4.78, 5) is 2.14. The average Bonchev–Trinajstić information content (AvgIpc) is 2.39. The molecular weight excluding hydrogens is 262 g/mol. The molecule has 0 amide bonds. The molecule has 0 aliphatic carbocycles. The van der Waals surface area contributed by atoms with Gasteiger partial charge in [-0.05, 0) is 30.9 Å². The molecule has 3 N–H and O–H groups in total. The number of nitrogens with zero attached hydrogens (tertiary/aromatic N) is 1. The molecule has 0 atom stereocenters. The molecular formula is C14H20ClN3O. The van der Waals surface area contributed by atoms with Gasteiger partial charge in [0.2, 0.25) is 0 Å². The van der Waals surface area contributed by atoms with E-state index in [0.717, 1.165) is 38.3 Å². The Balaban J connectivity index is 2.16. The van der Waals surface area contributed by atoms with Crippen LogP contribution in [0.25, 0.3) is 0 Å². The summed E-state index contributed by atoms with van der Waals surface area (Å²) in [6.45, 7) is 2.62. The highest BCUT2D eigenvalue weighted by molar-refractivity contribution is 6.34. The predicted octanol–water partition coefficient (Wildman–Crippen LogP) is 2.49. The van der Waals surface area contributed by atoms with Gasteiger partial charge in [-0.15, -0.1) is 0 Å². The maximum atomic E-state index is 7.68. The molecule has 5 heteroatoms. The lowest BCUT2D eigenvalue weighted by Crippen LogP contribution is -2.31. The van der Waals surface area contributed by atoms with Gasteiger partial charge in [0.15, 0.2) is 0 Å². The molecule has 0 unspecified atom stereocenters. The van der Waals surface area contributed by atoms with Crippen LogP contribution < -0.4 is 10.6 Å². The van der Waals surface area contributed by atoms with E-state index in [1.807, 2.05) is 19.2 Å². The van der Waals surface area contributed by atoms with Crippen molar-refractivity contribution in [2.24, 2.45) is 11.7 Å². The zero-order valence-electron chi connectivity index (χ0n) is 11.2. The molecule has 1 heterocycles. The fourth-order valence-electron chi connectivity index (χ4n) is 2.51. The first-order valence-corrected chi connectivity index (χ1v) is 6.89. The summed E-state index contributed by atoms with van der Waals surface area (Å²) in [5.74, 6) is 0.636. The predicted molar refractivity (Wildman–Crippen MR) is 79.3 cm³/mol. The first-order valence-electron chi connectivity index (χ1n) is 6.51. The van der Waals surface area contributed by atoms with Crippen LogP contribution in [0.4, 0.5) is 5.69 Å². The van der Waals surface area contributed by atoms with Crippen LogP contribution in [0.15, 0.2) is 18.2 Å². The van der Waals surface area contributed by atoms with Crippen LogP contribution in [0.2, 0.25) is 5.02 Å². The number of hydrogen-bond acceptors (Lipinski definition) is 3. The molecule has 1 aromatic rings. The molecule has 4 nitrogen and oxygen atoms in total. The maximum Gasteiger partial charge on any atom is 0.126 e. The summed E-state index contributed by atoms with van der Waals surface area (Å²) in [6.07, 6.45) is 2.17. The molecule has 19 heavy (non-hydrogen) atoms. The van der Waals surface area contributed by atoms with Crippen LogP contribution in [0.5, 0.6) is 0 Å². The summed E-state index contributed by atoms with van der Waals surface area (Å²) in [5, 5.41) is 8.21. The highest BCUT2D eigenvalue weighted by Gasteiger charge is 2.19. The third kappa shape index (κ3) is 3.39. The Morgan fingerprint density at radius 1 is 1.47 bits per heavy atom. The second kappa shape index (κ2) is 6.26. The van der Waals surface area contributed by atoms with Gasteiger partial charge in [0.25, 0.3) is 0 Å². The fourth-order valence-corrected chi connectivity index (χ4v) is 2.78. The molecule has 0 radical (unpaired) electrons. The van der Waals surface area contributed by atoms with Crippen molar-refractivity contribution in [2.45, 2.75) is 12.8 Å². The van der Waals surface area contributed by atoms with Crippen LogP contribution in [-0.2, 0) is 4.74 Å². The number of ether oxygens (including phenoxy) is 1. The first-order chi connectivity index (χ1) is 9.09. The minimum absolute atomic E-state index is 0.0134. The Kier molecular flexibility index (Phi) is 4.66. The number of rotatable bonds is 4. The molecule has 0 aromatic heterocycles. The number of halogens is 1. The molecule has 0 spiro atoms. The SMILES string of the molecule is CN(CC1CCOCC1)c1cccc(Cl)c1C(=N)N. The summed E-state index contributed by atoms with van der Waals surface area (Å²) in [5.41, 5.74) is 7.19. The standard InChI is InChI=1S/C14H20ClN3O/c1-18(9-10-5-7-19-8-6-10)12-4-2-3-11(15)13(12)14(16)17/h2-4,10H,5-9H2,1H3,(H3,16,17). The Morgan fingerprint density at radius 2 is 2.16 bits per heavy atom. The fraction of sp³-hybridized carbons (Fsp3) is 0.500. The molecule has 1 aliphatic rings. The Hall–Kier alpha value is -1.26. The number of nitrogens with two attached hydrogens (primary N) is 1. The van der Waals surface area contributed by atoms with Gasteiger partial charge in [0.05, 0.1) is 10.6 Å². The van der Waals surface area contributed by atoms with E-state index in [1.165, 1.54) is 0 Å². The van der Waals surface area contributed by atoms with E-state index in [2.05, 4.69) is 4.90 Å². The van der Waals surface area contributed by atoms with Crippen LogP contribution in [0.3, 0.4) is 0 Å². The van der Waals surface area contributed by atoms with Gasteiger partial charge in [-0.2, -0.15) is 0 Å². The van der Waals surface area contributed by atoms with Crippen molar-refractivity contribution in [1.29, 1.82) is 5.41 Å². The minimum Gasteiger partial charge on any atom is -0.384 e. The molecule has 104 valence electrons. The number of nitrogen functional groups attached to an aromatic ring is 1. The summed E-state index contributed by atoms with van der Waals surface area (Å²) in [6, 6.07) is 5.62. The van der Waals surface area contributed by atoms with Crippen LogP contribution in [-0.4, -0.2) is 32.6 Å². The van der Waals surface area contributed by atoms with Gasteiger partial charge in [0.1, 0.15) is 5.84 Å². The summed E-state index contributed by atoms with van der Waals surface area (Å²) >= 11 is 6.14. The Morgan fingerprint density at radius 3 is 2.79 bits per heavy atom. The normalized spacial score (nSPS) is 16.3. The lowest BCUT2D eigenvalue weighted by molar-refractivity contribution is 0.0685. The quantitative estimate of drug-likeness (QED) is 0.658. The zero-order valence-corrected chi connectivity index (χ0v) is 11.9. The average molecular weight is 282 g/mol. The highest BCUT2D eigenvalue weighted by atomic mass is 35.5. The lowest BCUT2D eigenvalue weighted by atomic mass is 9.99. The van der Waals surface area contributed by atoms with Crippen LogP contribution in [0, 0.1) is 11.3 Å². The van der Waals surface area contributed by atoms with E-state index < -0.39 is 0 Å². The van der Waals surface area contributed by atoms with Crippen molar-refractivity contribution in [2.75, 3.05) is 31.7 Å². The molecule has 0 bridgehead atoms. The van der Waals surface area contributed by atoms with Crippen molar-refractivity contribution in [3.63, 3.8) is 0 Å². The van der Waals surface area contributed by atoms with Crippen molar-refractivity contribution in [3.05, 3.63) is 28.8 Å². The number of hydrogen-bond donors (Lipinski definition) is 2. The number of amidine groups is 1. The van der Waals surface area contributed by atoms with E-state index in [0.29, 0.717) is 16.5 Å². The smallest absolute Gasteiger partial charge is 0.126 e. The third-order valence-corrected chi connectivity index (χ3v) is 3.86. The van der Waals surface area contributed by atoms with Gasteiger partial charge in [-0.3, -0.25) is 5.41 Å². The van der Waals surface area contributed by atoms with E-state index >= 15 is 0 Å². The van der Waals surface area contributed by atoms with Gasteiger partial charge >= 0.3 is 0 Å². The van der Waals surface area contributed by atoms with Crippen molar-refractivity contribution < 1.29 is 4.74 Å². The zero-order chi connectivity index (χ0) is 13.8. The van der Waals surface area contributed by atoms with Crippen LogP contribution >= 0.6 is 11.6 Å². The summed E-state index contributed by atoms with van der Waals surface area (Å²) in [7, 11) is 2.02. The molecule has 2 rings (SSSR count). The number of benzene rings is 1.